The number of carbonyl (C=O) groups excluding carboxylic acids is 1. The zero-order valence-corrected chi connectivity index (χ0v) is 15.1. The van der Waals surface area contributed by atoms with Crippen LogP contribution in [0, 0.1) is 0 Å². The van der Waals surface area contributed by atoms with Gasteiger partial charge in [-0.15, -0.1) is 0 Å². The third-order valence-electron chi connectivity index (χ3n) is 5.15. The fraction of sp³-hybridized carbons (Fsp3) is 0.381. The lowest BCUT2D eigenvalue weighted by Gasteiger charge is -2.16. The summed E-state index contributed by atoms with van der Waals surface area (Å²) in [6, 6.07) is 10.4. The highest BCUT2D eigenvalue weighted by atomic mass is 16.1. The van der Waals surface area contributed by atoms with E-state index in [2.05, 4.69) is 27.5 Å². The van der Waals surface area contributed by atoms with Crippen molar-refractivity contribution in [3.8, 4) is 0 Å². The van der Waals surface area contributed by atoms with Gasteiger partial charge in [0.1, 0.15) is 5.56 Å². The Kier molecular flexibility index (Phi) is 4.69. The Labute approximate surface area is 153 Å². The third kappa shape index (κ3) is 3.34. The van der Waals surface area contributed by atoms with E-state index in [0.29, 0.717) is 11.2 Å². The molecular formula is C21H24N4O. The molecule has 0 bridgehead atoms. The monoisotopic (exact) mass is 348 g/mol. The molecule has 1 aromatic carbocycles. The number of carbonyl (C=O) groups is 1. The second-order valence-corrected chi connectivity index (χ2v) is 7.13. The van der Waals surface area contributed by atoms with Crippen LogP contribution in [0.3, 0.4) is 0 Å². The van der Waals surface area contributed by atoms with Crippen molar-refractivity contribution in [2.75, 3.05) is 0 Å². The molecule has 1 N–H and O–H groups in total. The van der Waals surface area contributed by atoms with Gasteiger partial charge in [0.15, 0.2) is 5.65 Å². The van der Waals surface area contributed by atoms with Crippen molar-refractivity contribution in [1.82, 2.24) is 19.9 Å². The lowest BCUT2D eigenvalue weighted by Crippen LogP contribution is -2.33. The minimum Gasteiger partial charge on any atom is -0.349 e. The van der Waals surface area contributed by atoms with Crippen LogP contribution in [-0.2, 0) is 19.3 Å². The third-order valence-corrected chi connectivity index (χ3v) is 5.15. The molecule has 2 heterocycles. The Bertz CT molecular complexity index is 916. The lowest BCUT2D eigenvalue weighted by atomic mass is 9.97. The van der Waals surface area contributed by atoms with Crippen molar-refractivity contribution in [2.45, 2.75) is 51.5 Å². The van der Waals surface area contributed by atoms with Crippen LogP contribution in [0.2, 0.25) is 0 Å². The molecule has 0 saturated carbocycles. The number of aryl methyl sites for hydroxylation is 3. The number of fused-ring (bicyclic) bond motifs is 3. The van der Waals surface area contributed by atoms with Gasteiger partial charge in [0.05, 0.1) is 6.20 Å². The van der Waals surface area contributed by atoms with E-state index in [1.807, 2.05) is 35.8 Å². The molecular weight excluding hydrogens is 324 g/mol. The van der Waals surface area contributed by atoms with Crippen molar-refractivity contribution in [2.24, 2.45) is 0 Å². The number of benzene rings is 1. The van der Waals surface area contributed by atoms with Crippen molar-refractivity contribution < 1.29 is 4.79 Å². The average molecular weight is 348 g/mol. The predicted molar refractivity (Wildman–Crippen MR) is 101 cm³/mol. The summed E-state index contributed by atoms with van der Waals surface area (Å²) in [5.74, 6) is -0.0937. The summed E-state index contributed by atoms with van der Waals surface area (Å²) < 4.78 is 1.86. The fourth-order valence-electron chi connectivity index (χ4n) is 3.66. The van der Waals surface area contributed by atoms with Crippen molar-refractivity contribution in [3.63, 3.8) is 0 Å². The minimum atomic E-state index is -0.0937. The van der Waals surface area contributed by atoms with Crippen LogP contribution < -0.4 is 5.32 Å². The van der Waals surface area contributed by atoms with E-state index < -0.39 is 0 Å². The van der Waals surface area contributed by atoms with Crippen LogP contribution in [0.1, 0.15) is 53.4 Å². The first-order valence-electron chi connectivity index (χ1n) is 9.41. The van der Waals surface area contributed by atoms with Crippen LogP contribution in [0.5, 0.6) is 0 Å². The standard InChI is InChI=1S/C21H24N4O/c1-15(11-12-16-7-3-2-4-8-16)24-21(26)18-14-23-25-19-10-6-5-9-17(19)13-22-20(18)25/h2-4,7-8,13-15H,5-6,9-12H2,1H3,(H,24,26)/t15-/m1/s1. The number of hydrogen-bond acceptors (Lipinski definition) is 3. The van der Waals surface area contributed by atoms with E-state index in [1.165, 1.54) is 29.7 Å². The van der Waals surface area contributed by atoms with Gasteiger partial charge in [-0.3, -0.25) is 4.79 Å². The lowest BCUT2D eigenvalue weighted by molar-refractivity contribution is 0.0940. The summed E-state index contributed by atoms with van der Waals surface area (Å²) in [7, 11) is 0. The molecule has 1 amide bonds. The van der Waals surface area contributed by atoms with Crippen LogP contribution in [0.25, 0.3) is 5.65 Å². The van der Waals surface area contributed by atoms with Crippen molar-refractivity contribution in [1.29, 1.82) is 0 Å². The number of rotatable bonds is 5. The molecule has 4 rings (SSSR count). The first-order valence-corrected chi connectivity index (χ1v) is 9.41. The van der Waals surface area contributed by atoms with Crippen LogP contribution in [0.4, 0.5) is 0 Å². The second kappa shape index (κ2) is 7.28. The molecule has 2 aromatic heterocycles. The van der Waals surface area contributed by atoms with Gasteiger partial charge in [-0.2, -0.15) is 5.10 Å². The zero-order valence-electron chi connectivity index (χ0n) is 15.1. The van der Waals surface area contributed by atoms with Crippen LogP contribution in [0.15, 0.2) is 42.7 Å². The van der Waals surface area contributed by atoms with E-state index in [0.717, 1.165) is 25.7 Å². The molecule has 1 aliphatic rings. The smallest absolute Gasteiger partial charge is 0.256 e. The number of hydrogen-bond donors (Lipinski definition) is 1. The number of nitrogens with one attached hydrogen (secondary N) is 1. The van der Waals surface area contributed by atoms with Gasteiger partial charge in [0.25, 0.3) is 5.91 Å². The predicted octanol–water partition coefficient (Wildman–Crippen LogP) is 3.36. The molecule has 26 heavy (non-hydrogen) atoms. The Hall–Kier alpha value is -2.69. The van der Waals surface area contributed by atoms with E-state index in [1.54, 1.807) is 6.20 Å². The summed E-state index contributed by atoms with van der Waals surface area (Å²) >= 11 is 0. The largest absolute Gasteiger partial charge is 0.349 e. The SMILES string of the molecule is C[C@H](CCc1ccccc1)NC(=O)c1cnn2c3c(cnc12)CCCC3. The van der Waals surface area contributed by atoms with Gasteiger partial charge >= 0.3 is 0 Å². The number of aromatic nitrogens is 3. The van der Waals surface area contributed by atoms with Crippen LogP contribution >= 0.6 is 0 Å². The quantitative estimate of drug-likeness (QED) is 0.769. The fourth-order valence-corrected chi connectivity index (χ4v) is 3.66. The maximum atomic E-state index is 12.7. The second-order valence-electron chi connectivity index (χ2n) is 7.13. The summed E-state index contributed by atoms with van der Waals surface area (Å²) in [5.41, 5.74) is 4.98. The molecule has 0 saturated heterocycles. The normalized spacial score (nSPS) is 14.8. The molecule has 0 unspecified atom stereocenters. The topological polar surface area (TPSA) is 59.3 Å². The maximum absolute atomic E-state index is 12.7. The van der Waals surface area contributed by atoms with Crippen LogP contribution in [-0.4, -0.2) is 26.5 Å². The van der Waals surface area contributed by atoms with Gasteiger partial charge in [-0.05, 0) is 56.6 Å². The van der Waals surface area contributed by atoms with E-state index in [9.17, 15) is 4.79 Å². The minimum absolute atomic E-state index is 0.0929. The first-order chi connectivity index (χ1) is 12.7. The summed E-state index contributed by atoms with van der Waals surface area (Å²) in [6.45, 7) is 2.04. The molecule has 0 radical (unpaired) electrons. The molecule has 134 valence electrons. The maximum Gasteiger partial charge on any atom is 0.256 e. The van der Waals surface area contributed by atoms with Gasteiger partial charge in [-0.1, -0.05) is 30.3 Å². The Morgan fingerprint density at radius 1 is 1.19 bits per heavy atom. The Balaban J connectivity index is 1.46. The molecule has 3 aromatic rings. The Morgan fingerprint density at radius 3 is 2.85 bits per heavy atom. The van der Waals surface area contributed by atoms with Gasteiger partial charge < -0.3 is 5.32 Å². The molecule has 5 nitrogen and oxygen atoms in total. The summed E-state index contributed by atoms with van der Waals surface area (Å²) in [6.07, 6.45) is 9.84. The highest BCUT2D eigenvalue weighted by molar-refractivity contribution is 5.99. The van der Waals surface area contributed by atoms with Gasteiger partial charge in [0, 0.05) is 17.9 Å². The molecule has 1 aliphatic carbocycles. The highest BCUT2D eigenvalue weighted by Crippen LogP contribution is 2.22. The van der Waals surface area contributed by atoms with Crippen molar-refractivity contribution >= 4 is 11.6 Å². The molecule has 0 fully saturated rings. The van der Waals surface area contributed by atoms with E-state index in [4.69, 9.17) is 0 Å². The van der Waals surface area contributed by atoms with Gasteiger partial charge in [0.2, 0.25) is 0 Å². The number of nitrogens with zero attached hydrogens (tertiary/aromatic N) is 3. The van der Waals surface area contributed by atoms with Gasteiger partial charge in [-0.25, -0.2) is 9.50 Å². The molecule has 5 heteroatoms. The highest BCUT2D eigenvalue weighted by Gasteiger charge is 2.20. The summed E-state index contributed by atoms with van der Waals surface area (Å²) in [5, 5.41) is 7.54. The molecule has 0 spiro atoms. The Morgan fingerprint density at radius 2 is 2.00 bits per heavy atom. The number of amides is 1. The molecule has 1 atom stereocenters. The van der Waals surface area contributed by atoms with Crippen molar-refractivity contribution in [3.05, 3.63) is 65.1 Å². The molecule has 0 aliphatic heterocycles. The first kappa shape index (κ1) is 16.8. The average Bonchev–Trinajstić information content (AvgIpc) is 3.12. The van der Waals surface area contributed by atoms with E-state index >= 15 is 0 Å². The van der Waals surface area contributed by atoms with E-state index in [-0.39, 0.29) is 11.9 Å². The summed E-state index contributed by atoms with van der Waals surface area (Å²) in [4.78, 5) is 17.2. The zero-order chi connectivity index (χ0) is 17.9.